The van der Waals surface area contributed by atoms with E-state index in [2.05, 4.69) is 19.1 Å². The molecule has 3 unspecified atom stereocenters. The van der Waals surface area contributed by atoms with Gasteiger partial charge in [0.1, 0.15) is 5.75 Å². The number of ether oxygens (including phenoxy) is 3. The molecule has 4 aliphatic rings. The van der Waals surface area contributed by atoms with Crippen LogP contribution in [-0.2, 0) is 15.9 Å². The molecular weight excluding hydrogens is 388 g/mol. The van der Waals surface area contributed by atoms with Crippen LogP contribution >= 0.6 is 0 Å². The molecule has 6 rings (SSSR count). The van der Waals surface area contributed by atoms with Crippen LogP contribution in [0.3, 0.4) is 0 Å². The van der Waals surface area contributed by atoms with Gasteiger partial charge in [-0.3, -0.25) is 0 Å². The summed E-state index contributed by atoms with van der Waals surface area (Å²) in [4.78, 5) is 12.4. The second-order valence-electron chi connectivity index (χ2n) is 9.98. The smallest absolute Gasteiger partial charge is 0.343 e. The zero-order valence-corrected chi connectivity index (χ0v) is 18.1. The van der Waals surface area contributed by atoms with Gasteiger partial charge in [-0.2, -0.15) is 0 Å². The van der Waals surface area contributed by atoms with E-state index in [1.165, 1.54) is 30.4 Å². The molecule has 0 bridgehead atoms. The molecule has 1 saturated heterocycles. The van der Waals surface area contributed by atoms with E-state index in [1.54, 1.807) is 12.1 Å². The quantitative estimate of drug-likeness (QED) is 0.477. The minimum Gasteiger partial charge on any atom is -0.423 e. The third kappa shape index (κ3) is 2.91. The highest BCUT2D eigenvalue weighted by atomic mass is 16.7. The molecule has 1 aliphatic heterocycles. The fraction of sp³-hybridized carbons (Fsp3) is 0.519. The van der Waals surface area contributed by atoms with Crippen LogP contribution in [0.4, 0.5) is 0 Å². The standard InChI is InChI=1S/C27H30O4/c1-26-13-11-22-21-10-8-20(31-25(28)18-5-3-2-4-6-18)17-19(21)7-9-23(22)24(26)12-14-27(26)29-15-16-30-27/h2-6,8,10,17,22-24H,7,9,11-16H2,1H3/t22?,23?,24?,26-/m0/s1. The van der Waals surface area contributed by atoms with Crippen LogP contribution in [0, 0.1) is 17.3 Å². The van der Waals surface area contributed by atoms with Crippen molar-refractivity contribution in [2.75, 3.05) is 13.2 Å². The summed E-state index contributed by atoms with van der Waals surface area (Å²) in [6.45, 7) is 3.90. The van der Waals surface area contributed by atoms with Gasteiger partial charge in [-0.05, 0) is 85.3 Å². The third-order valence-corrected chi connectivity index (χ3v) is 8.72. The molecule has 4 atom stereocenters. The molecule has 162 valence electrons. The minimum atomic E-state index is -0.335. The van der Waals surface area contributed by atoms with Gasteiger partial charge in [-0.15, -0.1) is 0 Å². The van der Waals surface area contributed by atoms with E-state index in [9.17, 15) is 4.79 Å². The van der Waals surface area contributed by atoms with Gasteiger partial charge in [0.2, 0.25) is 0 Å². The van der Waals surface area contributed by atoms with Crippen molar-refractivity contribution in [3.63, 3.8) is 0 Å². The summed E-state index contributed by atoms with van der Waals surface area (Å²) in [6, 6.07) is 15.5. The lowest BCUT2D eigenvalue weighted by molar-refractivity contribution is -0.237. The summed E-state index contributed by atoms with van der Waals surface area (Å²) in [5.74, 6) is 1.97. The van der Waals surface area contributed by atoms with Gasteiger partial charge < -0.3 is 14.2 Å². The Morgan fingerprint density at radius 3 is 2.61 bits per heavy atom. The second-order valence-corrected chi connectivity index (χ2v) is 9.98. The van der Waals surface area contributed by atoms with Crippen LogP contribution in [-0.4, -0.2) is 25.0 Å². The van der Waals surface area contributed by atoms with Gasteiger partial charge in [-0.25, -0.2) is 4.79 Å². The summed E-state index contributed by atoms with van der Waals surface area (Å²) < 4.78 is 18.2. The molecule has 31 heavy (non-hydrogen) atoms. The van der Waals surface area contributed by atoms with E-state index >= 15 is 0 Å². The maximum absolute atomic E-state index is 12.4. The molecular formula is C27H30O4. The molecule has 4 heteroatoms. The summed E-state index contributed by atoms with van der Waals surface area (Å²) >= 11 is 0. The first-order valence-corrected chi connectivity index (χ1v) is 11.8. The summed E-state index contributed by atoms with van der Waals surface area (Å²) in [5, 5.41) is 0. The number of aryl methyl sites for hydroxylation is 1. The van der Waals surface area contributed by atoms with Crippen molar-refractivity contribution in [3.8, 4) is 5.75 Å². The van der Waals surface area contributed by atoms with Crippen LogP contribution in [0.5, 0.6) is 5.75 Å². The van der Waals surface area contributed by atoms with Crippen molar-refractivity contribution in [3.05, 3.63) is 65.2 Å². The van der Waals surface area contributed by atoms with Crippen LogP contribution in [0.2, 0.25) is 0 Å². The first kappa shape index (κ1) is 19.5. The fourth-order valence-corrected chi connectivity index (χ4v) is 7.25. The number of fused-ring (bicyclic) bond motifs is 6. The predicted molar refractivity (Wildman–Crippen MR) is 117 cm³/mol. The normalized spacial score (nSPS) is 32.9. The van der Waals surface area contributed by atoms with Gasteiger partial charge >= 0.3 is 5.97 Å². The maximum atomic E-state index is 12.4. The average Bonchev–Trinajstić information content (AvgIpc) is 3.40. The third-order valence-electron chi connectivity index (χ3n) is 8.72. The van der Waals surface area contributed by atoms with Crippen LogP contribution in [0.1, 0.15) is 66.4 Å². The number of hydrogen-bond donors (Lipinski definition) is 0. The Labute approximate surface area is 183 Å². The van der Waals surface area contributed by atoms with Gasteiger partial charge in [0.25, 0.3) is 0 Å². The lowest BCUT2D eigenvalue weighted by Crippen LogP contribution is -2.51. The van der Waals surface area contributed by atoms with E-state index < -0.39 is 0 Å². The van der Waals surface area contributed by atoms with Crippen molar-refractivity contribution in [1.29, 1.82) is 0 Å². The zero-order chi connectivity index (χ0) is 21.1. The van der Waals surface area contributed by atoms with Gasteiger partial charge in [-0.1, -0.05) is 31.2 Å². The Morgan fingerprint density at radius 1 is 1.00 bits per heavy atom. The van der Waals surface area contributed by atoms with Crippen LogP contribution in [0.15, 0.2) is 48.5 Å². The van der Waals surface area contributed by atoms with Crippen molar-refractivity contribution in [2.24, 2.45) is 17.3 Å². The first-order chi connectivity index (χ1) is 15.1. The number of benzene rings is 2. The van der Waals surface area contributed by atoms with Crippen LogP contribution in [0.25, 0.3) is 0 Å². The summed E-state index contributed by atoms with van der Waals surface area (Å²) in [7, 11) is 0. The topological polar surface area (TPSA) is 44.8 Å². The highest BCUT2D eigenvalue weighted by molar-refractivity contribution is 5.91. The monoisotopic (exact) mass is 418 g/mol. The second kappa shape index (κ2) is 7.18. The van der Waals surface area contributed by atoms with E-state index in [4.69, 9.17) is 14.2 Å². The number of carbonyl (C=O) groups excluding carboxylic acids is 1. The summed E-state index contributed by atoms with van der Waals surface area (Å²) in [6.07, 6.45) is 6.84. The fourth-order valence-electron chi connectivity index (χ4n) is 7.25. The largest absolute Gasteiger partial charge is 0.423 e. The molecule has 2 saturated carbocycles. The average molecular weight is 419 g/mol. The summed E-state index contributed by atoms with van der Waals surface area (Å²) in [5.41, 5.74) is 3.53. The number of hydrogen-bond acceptors (Lipinski definition) is 4. The molecule has 1 spiro atoms. The van der Waals surface area contributed by atoms with Crippen molar-refractivity contribution in [2.45, 2.75) is 57.2 Å². The lowest BCUT2D eigenvalue weighted by Gasteiger charge is -2.52. The molecule has 1 heterocycles. The molecule has 4 nitrogen and oxygen atoms in total. The molecule has 2 aromatic carbocycles. The van der Waals surface area contributed by atoms with E-state index in [-0.39, 0.29) is 17.2 Å². The Morgan fingerprint density at radius 2 is 1.81 bits per heavy atom. The van der Waals surface area contributed by atoms with E-state index in [1.807, 2.05) is 24.3 Å². The number of rotatable bonds is 2. The molecule has 0 N–H and O–H groups in total. The SMILES string of the molecule is C[C@]12CCC3c4ccc(OC(=O)c5ccccc5)cc4CCC3C1CCC21OCCO1. The Hall–Kier alpha value is -2.17. The Bertz CT molecular complexity index is 994. The molecule has 0 amide bonds. The van der Waals surface area contributed by atoms with Gasteiger partial charge in [0.05, 0.1) is 18.8 Å². The molecule has 0 radical (unpaired) electrons. The van der Waals surface area contributed by atoms with Crippen LogP contribution < -0.4 is 4.74 Å². The molecule has 3 aliphatic carbocycles. The highest BCUT2D eigenvalue weighted by Gasteiger charge is 2.64. The first-order valence-electron chi connectivity index (χ1n) is 11.8. The maximum Gasteiger partial charge on any atom is 0.343 e. The Kier molecular flexibility index (Phi) is 4.52. The minimum absolute atomic E-state index is 0.132. The molecule has 3 fully saturated rings. The molecule has 2 aromatic rings. The van der Waals surface area contributed by atoms with Gasteiger partial charge in [0, 0.05) is 11.8 Å². The zero-order valence-electron chi connectivity index (χ0n) is 18.1. The lowest BCUT2D eigenvalue weighted by atomic mass is 9.55. The Balaban J connectivity index is 1.23. The highest BCUT2D eigenvalue weighted by Crippen LogP contribution is 2.66. The van der Waals surface area contributed by atoms with Crippen molar-refractivity contribution in [1.82, 2.24) is 0 Å². The van der Waals surface area contributed by atoms with Gasteiger partial charge in [0.15, 0.2) is 5.79 Å². The number of esters is 1. The number of carbonyl (C=O) groups is 1. The van der Waals surface area contributed by atoms with Crippen molar-refractivity contribution >= 4 is 5.97 Å². The van der Waals surface area contributed by atoms with E-state index in [0.717, 1.165) is 32.5 Å². The molecule has 0 aromatic heterocycles. The van der Waals surface area contributed by atoms with Crippen molar-refractivity contribution < 1.29 is 19.0 Å². The predicted octanol–water partition coefficient (Wildman–Crippen LogP) is 5.51. The van der Waals surface area contributed by atoms with E-state index in [0.29, 0.717) is 29.1 Å².